The van der Waals surface area contributed by atoms with Crippen molar-refractivity contribution in [1.82, 2.24) is 0 Å². The lowest BCUT2D eigenvalue weighted by molar-refractivity contribution is 0.414. The summed E-state index contributed by atoms with van der Waals surface area (Å²) >= 11 is 0. The highest BCUT2D eigenvalue weighted by Gasteiger charge is 2.05. The third-order valence-corrected chi connectivity index (χ3v) is 2.32. The molecule has 0 bridgehead atoms. The topological polar surface area (TPSA) is 69.4 Å². The predicted octanol–water partition coefficient (Wildman–Crippen LogP) is 1.37. The van der Waals surface area contributed by atoms with Crippen molar-refractivity contribution in [1.29, 1.82) is 0 Å². The number of ether oxygens (including phenoxy) is 1. The molecular formula is C9H15NO3S. The molecule has 0 saturated heterocycles. The van der Waals surface area contributed by atoms with E-state index in [0.29, 0.717) is 5.75 Å². The summed E-state index contributed by atoms with van der Waals surface area (Å²) in [4.78, 5) is 0.0864. The van der Waals surface area contributed by atoms with Crippen LogP contribution in [0.4, 0.5) is 0 Å². The minimum Gasteiger partial charge on any atom is -0.497 e. The number of hydrogen-bond acceptors (Lipinski definition) is 3. The van der Waals surface area contributed by atoms with E-state index in [4.69, 9.17) is 9.88 Å². The molecule has 0 aromatic heterocycles. The summed E-state index contributed by atoms with van der Waals surface area (Å²) in [5.41, 5.74) is 0. The van der Waals surface area contributed by atoms with Gasteiger partial charge in [0.05, 0.1) is 12.0 Å². The van der Waals surface area contributed by atoms with Gasteiger partial charge in [-0.15, -0.1) is 0 Å². The van der Waals surface area contributed by atoms with Crippen molar-refractivity contribution >= 4 is 10.0 Å². The fourth-order valence-electron chi connectivity index (χ4n) is 0.765. The van der Waals surface area contributed by atoms with E-state index in [9.17, 15) is 8.42 Å². The number of rotatable bonds is 2. The molecule has 14 heavy (non-hydrogen) atoms. The summed E-state index contributed by atoms with van der Waals surface area (Å²) in [6.45, 7) is 4.00. The lowest BCUT2D eigenvalue weighted by Crippen LogP contribution is -2.11. The van der Waals surface area contributed by atoms with Crippen LogP contribution in [0.15, 0.2) is 29.2 Å². The smallest absolute Gasteiger partial charge is 0.238 e. The molecule has 0 fully saturated rings. The first-order valence-electron chi connectivity index (χ1n) is 4.21. The second kappa shape index (κ2) is 5.62. The first-order valence-corrected chi connectivity index (χ1v) is 5.75. The van der Waals surface area contributed by atoms with Crippen LogP contribution in [-0.2, 0) is 10.0 Å². The van der Waals surface area contributed by atoms with E-state index in [1.807, 2.05) is 13.8 Å². The molecule has 0 aliphatic rings. The summed E-state index contributed by atoms with van der Waals surface area (Å²) in [7, 11) is -2.08. The Balaban J connectivity index is 0.000000791. The Bertz CT molecular complexity index is 356. The maximum absolute atomic E-state index is 10.8. The van der Waals surface area contributed by atoms with Gasteiger partial charge in [-0.1, -0.05) is 13.8 Å². The van der Waals surface area contributed by atoms with Gasteiger partial charge in [-0.3, -0.25) is 0 Å². The van der Waals surface area contributed by atoms with Crippen LogP contribution in [0.25, 0.3) is 0 Å². The molecule has 4 nitrogen and oxygen atoms in total. The number of primary sulfonamides is 1. The summed E-state index contributed by atoms with van der Waals surface area (Å²) < 4.78 is 26.4. The zero-order valence-electron chi connectivity index (χ0n) is 8.52. The van der Waals surface area contributed by atoms with Crippen molar-refractivity contribution in [2.75, 3.05) is 7.11 Å². The van der Waals surface area contributed by atoms with Gasteiger partial charge in [0, 0.05) is 0 Å². The van der Waals surface area contributed by atoms with Crippen LogP contribution in [0.1, 0.15) is 13.8 Å². The molecule has 5 heteroatoms. The Morgan fingerprint density at radius 1 is 1.14 bits per heavy atom. The van der Waals surface area contributed by atoms with E-state index >= 15 is 0 Å². The normalized spacial score (nSPS) is 10.0. The molecule has 1 rings (SSSR count). The van der Waals surface area contributed by atoms with Crippen LogP contribution < -0.4 is 9.88 Å². The molecule has 0 radical (unpaired) electrons. The van der Waals surface area contributed by atoms with Crippen LogP contribution in [0, 0.1) is 0 Å². The Hall–Kier alpha value is -1.07. The molecule has 0 aliphatic heterocycles. The van der Waals surface area contributed by atoms with Crippen molar-refractivity contribution in [2.24, 2.45) is 5.14 Å². The second-order valence-electron chi connectivity index (χ2n) is 2.22. The number of hydrogen-bond donors (Lipinski definition) is 1. The van der Waals surface area contributed by atoms with E-state index in [-0.39, 0.29) is 4.90 Å². The third-order valence-electron chi connectivity index (χ3n) is 1.39. The number of nitrogens with two attached hydrogens (primary N) is 1. The highest BCUT2D eigenvalue weighted by molar-refractivity contribution is 7.89. The van der Waals surface area contributed by atoms with Crippen LogP contribution in [0.5, 0.6) is 5.75 Å². The lowest BCUT2D eigenvalue weighted by Gasteiger charge is -2.00. The molecule has 0 atom stereocenters. The Morgan fingerprint density at radius 2 is 1.57 bits per heavy atom. The molecule has 80 valence electrons. The fourth-order valence-corrected chi connectivity index (χ4v) is 1.28. The van der Waals surface area contributed by atoms with Gasteiger partial charge in [-0.2, -0.15) is 0 Å². The van der Waals surface area contributed by atoms with E-state index in [2.05, 4.69) is 0 Å². The highest BCUT2D eigenvalue weighted by atomic mass is 32.2. The Morgan fingerprint density at radius 3 is 1.86 bits per heavy atom. The van der Waals surface area contributed by atoms with Crippen LogP contribution >= 0.6 is 0 Å². The van der Waals surface area contributed by atoms with Crippen molar-refractivity contribution in [3.63, 3.8) is 0 Å². The second-order valence-corrected chi connectivity index (χ2v) is 3.78. The summed E-state index contributed by atoms with van der Waals surface area (Å²) in [6.07, 6.45) is 0. The van der Waals surface area contributed by atoms with Crippen LogP contribution in [-0.4, -0.2) is 15.5 Å². The summed E-state index contributed by atoms with van der Waals surface area (Å²) in [6, 6.07) is 5.88. The maximum Gasteiger partial charge on any atom is 0.238 e. The maximum atomic E-state index is 10.8. The average Bonchev–Trinajstić information content (AvgIpc) is 2.20. The minimum absolute atomic E-state index is 0.0864. The van der Waals surface area contributed by atoms with E-state index in [1.54, 1.807) is 12.1 Å². The van der Waals surface area contributed by atoms with Gasteiger partial charge in [0.25, 0.3) is 0 Å². The predicted molar refractivity (Wildman–Crippen MR) is 55.7 cm³/mol. The van der Waals surface area contributed by atoms with Gasteiger partial charge in [-0.05, 0) is 24.3 Å². The molecule has 0 spiro atoms. The quantitative estimate of drug-likeness (QED) is 0.813. The molecule has 0 amide bonds. The number of benzene rings is 1. The van der Waals surface area contributed by atoms with E-state index < -0.39 is 10.0 Å². The first-order chi connectivity index (χ1) is 6.54. The zero-order valence-corrected chi connectivity index (χ0v) is 9.34. The van der Waals surface area contributed by atoms with Crippen molar-refractivity contribution < 1.29 is 13.2 Å². The highest BCUT2D eigenvalue weighted by Crippen LogP contribution is 2.13. The molecule has 2 N–H and O–H groups in total. The van der Waals surface area contributed by atoms with Crippen molar-refractivity contribution in [3.05, 3.63) is 24.3 Å². The SMILES string of the molecule is CC.COc1ccc(S(N)(=O)=O)cc1. The van der Waals surface area contributed by atoms with Crippen LogP contribution in [0.3, 0.4) is 0 Å². The van der Waals surface area contributed by atoms with Gasteiger partial charge < -0.3 is 4.74 Å². The Kier molecular flexibility index (Phi) is 5.19. The molecule has 1 aromatic carbocycles. The van der Waals surface area contributed by atoms with Crippen molar-refractivity contribution in [3.8, 4) is 5.75 Å². The largest absolute Gasteiger partial charge is 0.497 e. The molecule has 0 unspecified atom stereocenters. The van der Waals surface area contributed by atoms with Gasteiger partial charge in [0.15, 0.2) is 0 Å². The monoisotopic (exact) mass is 217 g/mol. The number of sulfonamides is 1. The van der Waals surface area contributed by atoms with Gasteiger partial charge >= 0.3 is 0 Å². The average molecular weight is 217 g/mol. The summed E-state index contributed by atoms with van der Waals surface area (Å²) in [5, 5.41) is 4.88. The first kappa shape index (κ1) is 12.9. The molecule has 1 aromatic rings. The molecule has 0 aliphatic carbocycles. The standard InChI is InChI=1S/C7H9NO3S.C2H6/c1-11-6-2-4-7(5-3-6)12(8,9)10;1-2/h2-5H,1H3,(H2,8,9,10);1-2H3. The van der Waals surface area contributed by atoms with E-state index in [0.717, 1.165) is 0 Å². The third kappa shape index (κ3) is 3.76. The fraction of sp³-hybridized carbons (Fsp3) is 0.333. The van der Waals surface area contributed by atoms with Gasteiger partial charge in [0.1, 0.15) is 5.75 Å². The minimum atomic E-state index is -3.58. The molecular weight excluding hydrogens is 202 g/mol. The molecule has 0 heterocycles. The van der Waals surface area contributed by atoms with Gasteiger partial charge in [-0.25, -0.2) is 13.6 Å². The molecule has 0 saturated carbocycles. The lowest BCUT2D eigenvalue weighted by atomic mass is 10.3. The van der Waals surface area contributed by atoms with Crippen LogP contribution in [0.2, 0.25) is 0 Å². The number of methoxy groups -OCH3 is 1. The summed E-state index contributed by atoms with van der Waals surface area (Å²) in [5.74, 6) is 0.599. The van der Waals surface area contributed by atoms with Gasteiger partial charge in [0.2, 0.25) is 10.0 Å². The van der Waals surface area contributed by atoms with Crippen molar-refractivity contribution in [2.45, 2.75) is 18.7 Å². The van der Waals surface area contributed by atoms with E-state index in [1.165, 1.54) is 19.2 Å². The Labute approximate surface area is 84.7 Å². The zero-order chi connectivity index (χ0) is 11.2.